The zero-order valence-electron chi connectivity index (χ0n) is 35.0. The first-order valence-electron chi connectivity index (χ1n) is 21.5. The molecule has 0 amide bonds. The van der Waals surface area contributed by atoms with E-state index >= 15 is 0 Å². The van der Waals surface area contributed by atoms with Crippen LogP contribution in [0.15, 0.2) is 24.3 Å². The number of hydrogen-bond acceptors (Lipinski definition) is 12. The number of rotatable bonds is 12. The van der Waals surface area contributed by atoms with Gasteiger partial charge in [0, 0.05) is 117 Å². The van der Waals surface area contributed by atoms with Crippen molar-refractivity contribution in [2.75, 3.05) is 53.6 Å². The Morgan fingerprint density at radius 3 is 0.650 bits per heavy atom. The van der Waals surface area contributed by atoms with Crippen LogP contribution in [-0.2, 0) is 0 Å². The molecule has 12 heteroatoms. The summed E-state index contributed by atoms with van der Waals surface area (Å²) >= 11 is 0. The van der Waals surface area contributed by atoms with Gasteiger partial charge in [-0.1, -0.05) is 0 Å². The second-order valence-electron chi connectivity index (χ2n) is 16.7. The van der Waals surface area contributed by atoms with Crippen molar-refractivity contribution in [1.82, 2.24) is 0 Å². The van der Waals surface area contributed by atoms with Gasteiger partial charge < -0.3 is 58.3 Å². The van der Waals surface area contributed by atoms with Crippen LogP contribution in [0.25, 0.3) is 0 Å². The van der Waals surface area contributed by atoms with Gasteiger partial charge in [0.15, 0.2) is 0 Å². The molecule has 0 fully saturated rings. The van der Waals surface area contributed by atoms with Crippen LogP contribution in [0.2, 0.25) is 0 Å². The van der Waals surface area contributed by atoms with Crippen LogP contribution in [0.1, 0.15) is 142 Å². The maximum absolute atomic E-state index is 10.4. The molecular formula is C48H56O12. The number of hydrogen-bond donors (Lipinski definition) is 4. The molecule has 4 aromatic carbocycles. The lowest BCUT2D eigenvalue weighted by Crippen LogP contribution is -2.24. The van der Waals surface area contributed by atoms with Gasteiger partial charge >= 0.3 is 0 Å². The summed E-state index contributed by atoms with van der Waals surface area (Å²) in [6.45, 7) is 7.86. The molecule has 0 saturated heterocycles. The zero-order valence-corrected chi connectivity index (χ0v) is 35.0. The van der Waals surface area contributed by atoms with Gasteiger partial charge in [-0.05, 0) is 103 Å². The van der Waals surface area contributed by atoms with Crippen molar-refractivity contribution in [2.45, 2.75) is 103 Å². The second-order valence-corrected chi connectivity index (χ2v) is 16.7. The predicted molar refractivity (Wildman–Crippen MR) is 222 cm³/mol. The molecule has 60 heavy (non-hydrogen) atoms. The van der Waals surface area contributed by atoms with E-state index in [1.165, 1.54) is 0 Å². The highest BCUT2D eigenvalue weighted by Crippen LogP contribution is 2.57. The van der Waals surface area contributed by atoms with E-state index in [0.29, 0.717) is 97.4 Å². The minimum absolute atomic E-state index is 0.00694. The molecule has 5 aliphatic rings. The molecule has 0 saturated carbocycles. The Morgan fingerprint density at radius 2 is 0.500 bits per heavy atom. The summed E-state index contributed by atoms with van der Waals surface area (Å²) in [6.07, 6.45) is 4.53. The fourth-order valence-corrected chi connectivity index (χ4v) is 10.6. The molecule has 0 aromatic heterocycles. The van der Waals surface area contributed by atoms with Crippen molar-refractivity contribution in [2.24, 2.45) is 0 Å². The van der Waals surface area contributed by atoms with E-state index < -0.39 is 0 Å². The van der Waals surface area contributed by atoms with E-state index in [-0.39, 0.29) is 77.3 Å². The summed E-state index contributed by atoms with van der Waals surface area (Å²) in [5.41, 5.74) is 11.0. The fraction of sp³-hybridized carbons (Fsp3) is 0.500. The van der Waals surface area contributed by atoms with Crippen molar-refractivity contribution in [3.63, 3.8) is 0 Å². The topological polar surface area (TPSA) is 155 Å². The van der Waals surface area contributed by atoms with Gasteiger partial charge in [0.25, 0.3) is 0 Å². The van der Waals surface area contributed by atoms with E-state index in [0.717, 1.165) is 66.8 Å². The van der Waals surface area contributed by atoms with Gasteiger partial charge in [0.2, 0.25) is 27.2 Å². The second kappa shape index (κ2) is 16.9. The zero-order chi connectivity index (χ0) is 41.7. The molecule has 0 unspecified atom stereocenters. The van der Waals surface area contributed by atoms with Crippen LogP contribution in [0, 0.1) is 27.7 Å². The lowest BCUT2D eigenvalue weighted by atomic mass is 9.74. The molecular weight excluding hydrogens is 769 g/mol. The average Bonchev–Trinajstić information content (AvgIpc) is 3.21. The molecule has 320 valence electrons. The van der Waals surface area contributed by atoms with Gasteiger partial charge in [-0.25, -0.2) is 0 Å². The van der Waals surface area contributed by atoms with E-state index in [2.05, 4.69) is 24.3 Å². The highest BCUT2D eigenvalue weighted by atomic mass is 16.7. The van der Waals surface area contributed by atoms with E-state index in [1.54, 1.807) is 0 Å². The number of aliphatic hydroxyl groups excluding tert-OH is 4. The molecule has 9 rings (SSSR count). The van der Waals surface area contributed by atoms with Crippen LogP contribution < -0.4 is 37.9 Å². The van der Waals surface area contributed by atoms with Gasteiger partial charge in [-0.15, -0.1) is 0 Å². The van der Waals surface area contributed by atoms with Crippen molar-refractivity contribution in [3.8, 4) is 46.0 Å². The maximum atomic E-state index is 10.4. The SMILES string of the molecule is Cc1c2c3cc4c1OCOc1c(cc5c(c1C)OCOc1c(cc6c(c1C)OCOc1c(cc(c(c1C)OCO2)C3CCCO)C6CCCO)C5CCCO)C4CCCO. The van der Waals surface area contributed by atoms with Crippen molar-refractivity contribution >= 4 is 0 Å². The number of benzene rings is 4. The smallest absolute Gasteiger partial charge is 0.230 e. The summed E-state index contributed by atoms with van der Waals surface area (Å²) in [6, 6.07) is 8.89. The standard InChI is InChI=1S/C48H56O12/c1-25-41-33-17-34-30(10-6-14-50)36-19-38-32(12-8-16-52)40-20-39-31(11-7-15-51)37-18-35(29(33)9-5-13-49)43(55-21-53-41)26(2)45(37)57-23-59-47(39)28(4)48(40)60-24-58-46(38)27(3)44(36)56-22-54-42(25)34/h17-20,29-32,49-52H,5-16,21-24H2,1-4H3. The Morgan fingerprint density at radius 1 is 0.333 bits per heavy atom. The first-order chi connectivity index (χ1) is 29.3. The number of ether oxygens (including phenoxy) is 8. The number of aliphatic hydroxyl groups is 4. The highest BCUT2D eigenvalue weighted by Gasteiger charge is 2.40. The Labute approximate surface area is 350 Å². The molecule has 8 bridgehead atoms. The molecule has 12 nitrogen and oxygen atoms in total. The Kier molecular flexibility index (Phi) is 11.4. The third kappa shape index (κ3) is 6.67. The molecule has 0 radical (unpaired) electrons. The first kappa shape index (κ1) is 40.5. The lowest BCUT2D eigenvalue weighted by Gasteiger charge is -2.37. The summed E-state index contributed by atoms with van der Waals surface area (Å²) in [5.74, 6) is 4.28. The van der Waals surface area contributed by atoms with Crippen molar-refractivity contribution < 1.29 is 58.3 Å². The Bertz CT molecular complexity index is 1840. The molecule has 0 atom stereocenters. The quantitative estimate of drug-likeness (QED) is 0.110. The van der Waals surface area contributed by atoms with Crippen LogP contribution in [-0.4, -0.2) is 74.0 Å². The summed E-state index contributed by atoms with van der Waals surface area (Å²) in [7, 11) is 0. The molecule has 4 N–H and O–H groups in total. The van der Waals surface area contributed by atoms with Crippen LogP contribution >= 0.6 is 0 Å². The van der Waals surface area contributed by atoms with Crippen molar-refractivity contribution in [1.29, 1.82) is 0 Å². The van der Waals surface area contributed by atoms with Gasteiger partial charge in [-0.2, -0.15) is 0 Å². The van der Waals surface area contributed by atoms with E-state index in [9.17, 15) is 20.4 Å². The van der Waals surface area contributed by atoms with Crippen LogP contribution in [0.5, 0.6) is 46.0 Å². The van der Waals surface area contributed by atoms with Gasteiger partial charge in [0.1, 0.15) is 46.0 Å². The van der Waals surface area contributed by atoms with Gasteiger partial charge in [0.05, 0.1) is 0 Å². The monoisotopic (exact) mass is 824 g/mol. The first-order valence-corrected chi connectivity index (χ1v) is 21.5. The van der Waals surface area contributed by atoms with Gasteiger partial charge in [-0.3, -0.25) is 0 Å². The molecule has 0 spiro atoms. The Hall–Kier alpha value is -4.88. The largest absolute Gasteiger partial charge is 0.457 e. The Balaban J connectivity index is 1.46. The van der Waals surface area contributed by atoms with Crippen molar-refractivity contribution in [3.05, 3.63) is 91.0 Å². The highest BCUT2D eigenvalue weighted by molar-refractivity contribution is 5.69. The average molecular weight is 825 g/mol. The minimum atomic E-state index is -0.266. The lowest BCUT2D eigenvalue weighted by molar-refractivity contribution is 0.0953. The normalized spacial score (nSPS) is 20.3. The molecule has 4 aromatic rings. The summed E-state index contributed by atoms with van der Waals surface area (Å²) in [5, 5.41) is 41.4. The third-order valence-corrected chi connectivity index (χ3v) is 13.3. The summed E-state index contributed by atoms with van der Waals surface area (Å²) in [4.78, 5) is 0. The minimum Gasteiger partial charge on any atom is -0.457 e. The maximum Gasteiger partial charge on any atom is 0.230 e. The third-order valence-electron chi connectivity index (χ3n) is 13.3. The van der Waals surface area contributed by atoms with E-state index in [4.69, 9.17) is 37.9 Å². The predicted octanol–water partition coefficient (Wildman–Crippen LogP) is 7.77. The molecule has 4 heterocycles. The van der Waals surface area contributed by atoms with Crippen LogP contribution in [0.4, 0.5) is 0 Å². The molecule has 4 aliphatic heterocycles. The fourth-order valence-electron chi connectivity index (χ4n) is 10.6. The van der Waals surface area contributed by atoms with Crippen LogP contribution in [0.3, 0.4) is 0 Å². The van der Waals surface area contributed by atoms with E-state index in [1.807, 2.05) is 27.7 Å². The summed E-state index contributed by atoms with van der Waals surface area (Å²) < 4.78 is 52.7. The molecule has 1 aliphatic carbocycles.